The molecule has 2 rings (SSSR count). The molecule has 1 aliphatic carbocycles. The molecule has 0 heterocycles. The minimum Gasteiger partial charge on any atom is -0.340 e. The van der Waals surface area contributed by atoms with E-state index in [1.165, 1.54) is 30.4 Å². The number of alkyl halides is 1. The Labute approximate surface area is 130 Å². The maximum Gasteiger partial charge on any atom is 0.223 e. The lowest BCUT2D eigenvalue weighted by Crippen LogP contribution is -2.44. The van der Waals surface area contributed by atoms with Crippen molar-refractivity contribution in [3.8, 4) is 0 Å². The molecule has 0 bridgehead atoms. The lowest BCUT2D eigenvalue weighted by atomic mass is 9.91. The Morgan fingerprint density at radius 3 is 2.80 bits per heavy atom. The van der Waals surface area contributed by atoms with E-state index in [0.717, 1.165) is 24.7 Å². The fourth-order valence-corrected chi connectivity index (χ4v) is 2.95. The van der Waals surface area contributed by atoms with Gasteiger partial charge in [0.25, 0.3) is 0 Å². The molecule has 2 nitrogen and oxygen atoms in total. The van der Waals surface area contributed by atoms with E-state index in [-0.39, 0.29) is 0 Å². The minimum atomic E-state index is 0.331. The Bertz CT molecular complexity index is 442. The van der Waals surface area contributed by atoms with Crippen LogP contribution in [0, 0.1) is 6.92 Å². The molecule has 0 N–H and O–H groups in total. The third-order valence-corrected chi connectivity index (χ3v) is 4.64. The van der Waals surface area contributed by atoms with Crippen molar-refractivity contribution in [3.63, 3.8) is 0 Å². The van der Waals surface area contributed by atoms with Crippen LogP contribution in [0.2, 0.25) is 0 Å². The van der Waals surface area contributed by atoms with Gasteiger partial charge in [-0.2, -0.15) is 0 Å². The number of carbonyl (C=O) groups excluding carboxylic acids is 1. The number of aryl methyl sites for hydroxylation is 2. The van der Waals surface area contributed by atoms with Crippen molar-refractivity contribution in [2.45, 2.75) is 51.5 Å². The summed E-state index contributed by atoms with van der Waals surface area (Å²) in [5.41, 5.74) is 2.54. The second kappa shape index (κ2) is 7.82. The SMILES string of the molecule is Cc1cccc(CCC(=O)N(CCCBr)C2CCC2)c1. The molecular weight excluding hydrogens is 314 g/mol. The van der Waals surface area contributed by atoms with Gasteiger partial charge in [-0.3, -0.25) is 4.79 Å². The molecule has 0 spiro atoms. The first-order chi connectivity index (χ1) is 9.70. The van der Waals surface area contributed by atoms with Gasteiger partial charge in [0.1, 0.15) is 0 Å². The Hall–Kier alpha value is -0.830. The highest BCUT2D eigenvalue weighted by Crippen LogP contribution is 2.26. The van der Waals surface area contributed by atoms with Crippen molar-refractivity contribution >= 4 is 21.8 Å². The van der Waals surface area contributed by atoms with E-state index in [0.29, 0.717) is 18.4 Å². The molecule has 0 radical (unpaired) electrons. The van der Waals surface area contributed by atoms with E-state index < -0.39 is 0 Å². The molecule has 1 amide bonds. The van der Waals surface area contributed by atoms with E-state index >= 15 is 0 Å². The molecule has 110 valence electrons. The van der Waals surface area contributed by atoms with Gasteiger partial charge in [-0.05, 0) is 44.6 Å². The van der Waals surface area contributed by atoms with Crippen LogP contribution in [-0.2, 0) is 11.2 Å². The third kappa shape index (κ3) is 4.34. The molecule has 0 aliphatic heterocycles. The van der Waals surface area contributed by atoms with Crippen molar-refractivity contribution in [1.82, 2.24) is 4.90 Å². The van der Waals surface area contributed by atoms with Crippen LogP contribution < -0.4 is 0 Å². The Balaban J connectivity index is 1.87. The number of carbonyl (C=O) groups is 1. The number of amides is 1. The molecule has 1 aliphatic rings. The van der Waals surface area contributed by atoms with Crippen LogP contribution >= 0.6 is 15.9 Å². The summed E-state index contributed by atoms with van der Waals surface area (Å²) in [5.74, 6) is 0.331. The quantitative estimate of drug-likeness (QED) is 0.686. The standard InChI is InChI=1S/C17H24BrNO/c1-14-5-2-6-15(13-14)9-10-17(20)19(12-4-11-18)16-7-3-8-16/h2,5-6,13,16H,3-4,7-12H2,1H3. The zero-order valence-electron chi connectivity index (χ0n) is 12.3. The van der Waals surface area contributed by atoms with Gasteiger partial charge in [-0.15, -0.1) is 0 Å². The van der Waals surface area contributed by atoms with Gasteiger partial charge in [0.2, 0.25) is 5.91 Å². The van der Waals surface area contributed by atoms with Gasteiger partial charge < -0.3 is 4.90 Å². The summed E-state index contributed by atoms with van der Waals surface area (Å²) in [4.78, 5) is 14.6. The molecule has 1 aromatic carbocycles. The molecule has 0 unspecified atom stereocenters. The van der Waals surface area contributed by atoms with Gasteiger partial charge in [-0.25, -0.2) is 0 Å². The van der Waals surface area contributed by atoms with Crippen molar-refractivity contribution in [2.75, 3.05) is 11.9 Å². The van der Waals surface area contributed by atoms with Gasteiger partial charge in [0, 0.05) is 24.3 Å². The highest BCUT2D eigenvalue weighted by Gasteiger charge is 2.27. The maximum absolute atomic E-state index is 12.5. The van der Waals surface area contributed by atoms with Gasteiger partial charge >= 0.3 is 0 Å². The molecule has 0 atom stereocenters. The van der Waals surface area contributed by atoms with E-state index in [1.807, 2.05) is 0 Å². The van der Waals surface area contributed by atoms with Crippen LogP contribution in [0.25, 0.3) is 0 Å². The predicted octanol–water partition coefficient (Wildman–Crippen LogP) is 4.09. The van der Waals surface area contributed by atoms with Gasteiger partial charge in [0.15, 0.2) is 0 Å². The predicted molar refractivity (Wildman–Crippen MR) is 87.3 cm³/mol. The highest BCUT2D eigenvalue weighted by molar-refractivity contribution is 9.09. The molecule has 0 aromatic heterocycles. The van der Waals surface area contributed by atoms with Crippen molar-refractivity contribution in [1.29, 1.82) is 0 Å². The fourth-order valence-electron chi connectivity index (χ4n) is 2.70. The average molecular weight is 338 g/mol. The first kappa shape index (κ1) is 15.6. The van der Waals surface area contributed by atoms with Crippen LogP contribution in [0.1, 0.15) is 43.2 Å². The van der Waals surface area contributed by atoms with Crippen molar-refractivity contribution in [3.05, 3.63) is 35.4 Å². The van der Waals surface area contributed by atoms with E-state index in [2.05, 4.69) is 52.0 Å². The summed E-state index contributed by atoms with van der Waals surface area (Å²) in [6, 6.07) is 8.98. The van der Waals surface area contributed by atoms with Gasteiger partial charge in [-0.1, -0.05) is 45.8 Å². The van der Waals surface area contributed by atoms with Crippen LogP contribution in [0.3, 0.4) is 0 Å². The fraction of sp³-hybridized carbons (Fsp3) is 0.588. The molecule has 1 fully saturated rings. The number of halogens is 1. The van der Waals surface area contributed by atoms with Crippen molar-refractivity contribution in [2.24, 2.45) is 0 Å². The van der Waals surface area contributed by atoms with Crippen LogP contribution in [0.4, 0.5) is 0 Å². The third-order valence-electron chi connectivity index (χ3n) is 4.08. The topological polar surface area (TPSA) is 20.3 Å². The second-order valence-corrected chi connectivity index (χ2v) is 6.50. The first-order valence-electron chi connectivity index (χ1n) is 7.61. The molecule has 20 heavy (non-hydrogen) atoms. The Morgan fingerprint density at radius 2 is 2.20 bits per heavy atom. The Kier molecular flexibility index (Phi) is 6.08. The van der Waals surface area contributed by atoms with Gasteiger partial charge in [0.05, 0.1) is 0 Å². The minimum absolute atomic E-state index is 0.331. The van der Waals surface area contributed by atoms with Crippen LogP contribution in [0.15, 0.2) is 24.3 Å². The summed E-state index contributed by atoms with van der Waals surface area (Å²) in [5, 5.41) is 0.974. The Morgan fingerprint density at radius 1 is 1.40 bits per heavy atom. The van der Waals surface area contributed by atoms with E-state index in [9.17, 15) is 4.79 Å². The molecule has 3 heteroatoms. The van der Waals surface area contributed by atoms with Crippen molar-refractivity contribution < 1.29 is 4.79 Å². The number of hydrogen-bond acceptors (Lipinski definition) is 1. The number of benzene rings is 1. The zero-order valence-corrected chi connectivity index (χ0v) is 13.9. The average Bonchev–Trinajstić information content (AvgIpc) is 2.38. The summed E-state index contributed by atoms with van der Waals surface area (Å²) in [6.45, 7) is 3.00. The molecule has 1 aromatic rings. The van der Waals surface area contributed by atoms with E-state index in [1.54, 1.807) is 0 Å². The number of hydrogen-bond donors (Lipinski definition) is 0. The maximum atomic E-state index is 12.5. The lowest BCUT2D eigenvalue weighted by molar-refractivity contribution is -0.135. The number of rotatable bonds is 7. The number of nitrogens with zero attached hydrogens (tertiary/aromatic N) is 1. The highest BCUT2D eigenvalue weighted by atomic mass is 79.9. The monoisotopic (exact) mass is 337 g/mol. The smallest absolute Gasteiger partial charge is 0.223 e. The van der Waals surface area contributed by atoms with E-state index in [4.69, 9.17) is 0 Å². The summed E-state index contributed by atoms with van der Waals surface area (Å²) >= 11 is 3.46. The zero-order chi connectivity index (χ0) is 14.4. The largest absolute Gasteiger partial charge is 0.340 e. The molecule has 1 saturated carbocycles. The first-order valence-corrected chi connectivity index (χ1v) is 8.74. The lowest BCUT2D eigenvalue weighted by Gasteiger charge is -2.37. The second-order valence-electron chi connectivity index (χ2n) is 5.70. The normalized spacial score (nSPS) is 14.9. The summed E-state index contributed by atoms with van der Waals surface area (Å²) in [7, 11) is 0. The summed E-state index contributed by atoms with van der Waals surface area (Å²) in [6.07, 6.45) is 6.21. The molecular formula is C17H24BrNO. The van der Waals surface area contributed by atoms with Crippen LogP contribution in [0.5, 0.6) is 0 Å². The van der Waals surface area contributed by atoms with Crippen LogP contribution in [-0.4, -0.2) is 28.7 Å². The summed E-state index contributed by atoms with van der Waals surface area (Å²) < 4.78 is 0. The molecule has 0 saturated heterocycles.